The molecule has 4 nitrogen and oxygen atoms in total. The van der Waals surface area contributed by atoms with E-state index in [1.54, 1.807) is 0 Å². The molecule has 1 N–H and O–H groups in total. The average Bonchev–Trinajstić information content (AvgIpc) is 2.69. The predicted molar refractivity (Wildman–Crippen MR) is 109 cm³/mol. The largest absolute Gasteiger partial charge is 0.492 e. The van der Waals surface area contributed by atoms with Crippen LogP contribution >= 0.6 is 0 Å². The Hall–Kier alpha value is -2.33. The van der Waals surface area contributed by atoms with Crippen LogP contribution in [0.5, 0.6) is 5.75 Å². The minimum absolute atomic E-state index is 0.123. The summed E-state index contributed by atoms with van der Waals surface area (Å²) < 4.78 is 5.67. The van der Waals surface area contributed by atoms with Gasteiger partial charge >= 0.3 is 0 Å². The quantitative estimate of drug-likeness (QED) is 0.760. The maximum atomic E-state index is 12.4. The molecule has 27 heavy (non-hydrogen) atoms. The molecule has 1 fully saturated rings. The number of hydrogen-bond donors (Lipinski definition) is 1. The van der Waals surface area contributed by atoms with Crippen molar-refractivity contribution >= 4 is 5.91 Å². The van der Waals surface area contributed by atoms with Crippen LogP contribution in [0.4, 0.5) is 0 Å². The van der Waals surface area contributed by atoms with E-state index in [0.29, 0.717) is 13.2 Å². The van der Waals surface area contributed by atoms with E-state index in [-0.39, 0.29) is 11.8 Å². The first-order valence-corrected chi connectivity index (χ1v) is 9.86. The molecule has 1 saturated heterocycles. The molecule has 0 aromatic heterocycles. The Balaban J connectivity index is 1.34. The molecule has 1 amide bonds. The first-order chi connectivity index (χ1) is 13.1. The number of carbonyl (C=O) groups excluding carboxylic acids is 1. The van der Waals surface area contributed by atoms with Gasteiger partial charge in [0.15, 0.2) is 0 Å². The second kappa shape index (κ2) is 9.56. The third-order valence-electron chi connectivity index (χ3n) is 5.30. The van der Waals surface area contributed by atoms with Gasteiger partial charge in [0.05, 0.1) is 6.54 Å². The number of carbonyl (C=O) groups is 1. The minimum Gasteiger partial charge on any atom is -0.492 e. The Morgan fingerprint density at radius 1 is 1.07 bits per heavy atom. The van der Waals surface area contributed by atoms with E-state index in [1.807, 2.05) is 24.3 Å². The van der Waals surface area contributed by atoms with Gasteiger partial charge in [0.2, 0.25) is 5.91 Å². The van der Waals surface area contributed by atoms with Crippen molar-refractivity contribution in [2.24, 2.45) is 5.92 Å². The third-order valence-corrected chi connectivity index (χ3v) is 5.30. The summed E-state index contributed by atoms with van der Waals surface area (Å²) in [4.78, 5) is 14.8. The van der Waals surface area contributed by atoms with Crippen LogP contribution < -0.4 is 10.1 Å². The molecular formula is C23H30N2O2. The molecule has 0 atom stereocenters. The molecular weight excluding hydrogens is 336 g/mol. The van der Waals surface area contributed by atoms with Crippen LogP contribution in [0.15, 0.2) is 48.5 Å². The van der Waals surface area contributed by atoms with E-state index in [1.165, 1.54) is 16.7 Å². The second-order valence-electron chi connectivity index (χ2n) is 7.43. The lowest BCUT2D eigenvalue weighted by molar-refractivity contribution is -0.126. The van der Waals surface area contributed by atoms with E-state index < -0.39 is 0 Å². The van der Waals surface area contributed by atoms with Gasteiger partial charge in [-0.05, 0) is 63.0 Å². The summed E-state index contributed by atoms with van der Waals surface area (Å²) >= 11 is 0. The summed E-state index contributed by atoms with van der Waals surface area (Å²) in [6.07, 6.45) is 1.85. The van der Waals surface area contributed by atoms with Crippen molar-refractivity contribution < 1.29 is 9.53 Å². The molecule has 2 aromatic carbocycles. The Morgan fingerprint density at radius 2 is 1.78 bits per heavy atom. The second-order valence-corrected chi connectivity index (χ2v) is 7.43. The fourth-order valence-corrected chi connectivity index (χ4v) is 3.50. The Labute approximate surface area is 162 Å². The topological polar surface area (TPSA) is 41.6 Å². The maximum absolute atomic E-state index is 12.4. The van der Waals surface area contributed by atoms with E-state index in [9.17, 15) is 4.79 Å². The zero-order valence-corrected chi connectivity index (χ0v) is 16.4. The number of likely N-dealkylation sites (tertiary alicyclic amines) is 1. The van der Waals surface area contributed by atoms with Gasteiger partial charge in [-0.3, -0.25) is 9.69 Å². The number of rotatable bonds is 7. The molecule has 1 heterocycles. The summed E-state index contributed by atoms with van der Waals surface area (Å²) in [7, 11) is 0. The van der Waals surface area contributed by atoms with Gasteiger partial charge in [0.25, 0.3) is 0 Å². The average molecular weight is 367 g/mol. The minimum atomic E-state index is 0.123. The first kappa shape index (κ1) is 19.4. The molecule has 0 radical (unpaired) electrons. The van der Waals surface area contributed by atoms with Crippen molar-refractivity contribution in [3.8, 4) is 5.75 Å². The summed E-state index contributed by atoms with van der Waals surface area (Å²) in [6.45, 7) is 8.20. The zero-order chi connectivity index (χ0) is 19.1. The third kappa shape index (κ3) is 5.83. The van der Waals surface area contributed by atoms with Gasteiger partial charge in [-0.1, -0.05) is 42.0 Å². The van der Waals surface area contributed by atoms with Crippen molar-refractivity contribution in [3.05, 3.63) is 65.2 Å². The van der Waals surface area contributed by atoms with Crippen LogP contribution in [0.3, 0.4) is 0 Å². The lowest BCUT2D eigenvalue weighted by Crippen LogP contribution is -2.41. The molecule has 3 rings (SSSR count). The lowest BCUT2D eigenvalue weighted by atomic mass is 9.95. The number of benzene rings is 2. The zero-order valence-electron chi connectivity index (χ0n) is 16.4. The highest BCUT2D eigenvalue weighted by atomic mass is 16.5. The van der Waals surface area contributed by atoms with Crippen LogP contribution in [-0.2, 0) is 11.3 Å². The van der Waals surface area contributed by atoms with Gasteiger partial charge in [0, 0.05) is 12.5 Å². The number of nitrogens with one attached hydrogen (secondary N) is 1. The molecule has 0 bridgehead atoms. The first-order valence-electron chi connectivity index (χ1n) is 9.86. The number of hydrogen-bond acceptors (Lipinski definition) is 3. The van der Waals surface area contributed by atoms with Crippen LogP contribution in [0.1, 0.15) is 29.5 Å². The molecule has 2 aromatic rings. The summed E-state index contributed by atoms with van der Waals surface area (Å²) in [6, 6.07) is 16.5. The molecule has 0 aliphatic carbocycles. The van der Waals surface area contributed by atoms with Crippen LogP contribution in [0, 0.1) is 19.8 Å². The molecule has 1 aliphatic rings. The van der Waals surface area contributed by atoms with Gasteiger partial charge in [-0.25, -0.2) is 0 Å². The highest BCUT2D eigenvalue weighted by molar-refractivity contribution is 5.78. The molecule has 0 saturated carbocycles. The van der Waals surface area contributed by atoms with Gasteiger partial charge < -0.3 is 10.1 Å². The maximum Gasteiger partial charge on any atom is 0.223 e. The van der Waals surface area contributed by atoms with Crippen molar-refractivity contribution in [3.63, 3.8) is 0 Å². The summed E-state index contributed by atoms with van der Waals surface area (Å²) in [5, 5.41) is 3.03. The van der Waals surface area contributed by atoms with Crippen molar-refractivity contribution in [2.45, 2.75) is 33.2 Å². The SMILES string of the molecule is Cc1ccc(OCCNC(=O)C2CCN(Cc3ccccc3C)CC2)cc1. The normalized spacial score (nSPS) is 15.5. The van der Waals surface area contributed by atoms with E-state index in [2.05, 4.69) is 48.3 Å². The number of aryl methyl sites for hydroxylation is 2. The van der Waals surface area contributed by atoms with Gasteiger partial charge in [-0.2, -0.15) is 0 Å². The fraction of sp³-hybridized carbons (Fsp3) is 0.435. The molecule has 0 unspecified atom stereocenters. The predicted octanol–water partition coefficient (Wildman–Crippen LogP) is 3.71. The van der Waals surface area contributed by atoms with Gasteiger partial charge in [-0.15, -0.1) is 0 Å². The van der Waals surface area contributed by atoms with Crippen molar-refractivity contribution in [2.75, 3.05) is 26.2 Å². The highest BCUT2D eigenvalue weighted by Crippen LogP contribution is 2.20. The van der Waals surface area contributed by atoms with E-state index in [4.69, 9.17) is 4.74 Å². The number of piperidine rings is 1. The Kier molecular flexibility index (Phi) is 6.88. The lowest BCUT2D eigenvalue weighted by Gasteiger charge is -2.31. The smallest absolute Gasteiger partial charge is 0.223 e. The van der Waals surface area contributed by atoms with Crippen LogP contribution in [0.25, 0.3) is 0 Å². The van der Waals surface area contributed by atoms with E-state index >= 15 is 0 Å². The summed E-state index contributed by atoms with van der Waals surface area (Å²) in [5.41, 5.74) is 3.93. The Morgan fingerprint density at radius 3 is 2.48 bits per heavy atom. The van der Waals surface area contributed by atoms with Crippen LogP contribution in [0.2, 0.25) is 0 Å². The van der Waals surface area contributed by atoms with Gasteiger partial charge in [0.1, 0.15) is 12.4 Å². The molecule has 144 valence electrons. The molecule has 4 heteroatoms. The van der Waals surface area contributed by atoms with Crippen molar-refractivity contribution in [1.29, 1.82) is 0 Å². The number of amides is 1. The standard InChI is InChI=1S/C23H30N2O2/c1-18-7-9-22(10-8-18)27-16-13-24-23(26)20-11-14-25(15-12-20)17-21-6-4-3-5-19(21)2/h3-10,20H,11-17H2,1-2H3,(H,24,26). The molecule has 0 spiro atoms. The van der Waals surface area contributed by atoms with Crippen molar-refractivity contribution in [1.82, 2.24) is 10.2 Å². The number of ether oxygens (including phenoxy) is 1. The summed E-state index contributed by atoms with van der Waals surface area (Å²) in [5.74, 6) is 1.13. The van der Waals surface area contributed by atoms with Crippen LogP contribution in [-0.4, -0.2) is 37.0 Å². The van der Waals surface area contributed by atoms with E-state index in [0.717, 1.165) is 38.2 Å². The molecule has 1 aliphatic heterocycles. The fourth-order valence-electron chi connectivity index (χ4n) is 3.50. The highest BCUT2D eigenvalue weighted by Gasteiger charge is 2.24. The monoisotopic (exact) mass is 366 g/mol. The number of nitrogens with zero attached hydrogens (tertiary/aromatic N) is 1. The Bertz CT molecular complexity index is 734.